The Bertz CT molecular complexity index is 375. The van der Waals surface area contributed by atoms with Crippen molar-refractivity contribution < 1.29 is 4.74 Å². The molecule has 0 spiro atoms. The van der Waals surface area contributed by atoms with Gasteiger partial charge in [0, 0.05) is 13.1 Å². The molecule has 0 heterocycles. The Morgan fingerprint density at radius 3 is 2.63 bits per heavy atom. The van der Waals surface area contributed by atoms with E-state index in [1.54, 1.807) is 7.11 Å². The van der Waals surface area contributed by atoms with Crippen molar-refractivity contribution in [2.45, 2.75) is 26.7 Å². The second kappa shape index (κ2) is 8.18. The summed E-state index contributed by atoms with van der Waals surface area (Å²) in [6.45, 7) is 7.23. The molecular weight excluding hydrogens is 236 g/mol. The first-order valence-corrected chi connectivity index (χ1v) is 7.12. The number of nitrogens with zero attached hydrogens (tertiary/aromatic N) is 1. The summed E-state index contributed by atoms with van der Waals surface area (Å²) in [5.74, 6) is 1.58. The van der Waals surface area contributed by atoms with Crippen LogP contribution >= 0.6 is 0 Å². The number of rotatable bonds is 8. The van der Waals surface area contributed by atoms with E-state index in [0.29, 0.717) is 5.92 Å². The maximum Gasteiger partial charge on any atom is 0.121 e. The highest BCUT2D eigenvalue weighted by Gasteiger charge is 2.08. The van der Waals surface area contributed by atoms with Crippen molar-refractivity contribution in [2.24, 2.45) is 11.7 Å². The molecule has 0 aliphatic carbocycles. The van der Waals surface area contributed by atoms with Crippen LogP contribution in [0.5, 0.6) is 5.75 Å². The maximum absolute atomic E-state index is 5.75. The van der Waals surface area contributed by atoms with Gasteiger partial charge in [-0.25, -0.2) is 0 Å². The Labute approximate surface area is 117 Å². The third-order valence-electron chi connectivity index (χ3n) is 3.72. The van der Waals surface area contributed by atoms with Crippen molar-refractivity contribution in [1.82, 2.24) is 4.90 Å². The molecule has 1 aromatic carbocycles. The van der Waals surface area contributed by atoms with E-state index in [2.05, 4.69) is 44.0 Å². The topological polar surface area (TPSA) is 38.5 Å². The van der Waals surface area contributed by atoms with Crippen molar-refractivity contribution in [3.63, 3.8) is 0 Å². The Hall–Kier alpha value is -1.06. The van der Waals surface area contributed by atoms with Crippen molar-refractivity contribution in [1.29, 1.82) is 0 Å². The predicted octanol–water partition coefficient (Wildman–Crippen LogP) is 2.46. The minimum Gasteiger partial charge on any atom is -0.496 e. The third kappa shape index (κ3) is 5.21. The number of methoxy groups -OCH3 is 1. The van der Waals surface area contributed by atoms with Crippen LogP contribution in [0.2, 0.25) is 0 Å². The van der Waals surface area contributed by atoms with Gasteiger partial charge in [-0.3, -0.25) is 0 Å². The Morgan fingerprint density at radius 1 is 1.37 bits per heavy atom. The van der Waals surface area contributed by atoms with E-state index < -0.39 is 0 Å². The molecule has 0 saturated carbocycles. The van der Waals surface area contributed by atoms with Gasteiger partial charge >= 0.3 is 0 Å². The molecule has 0 amide bonds. The molecule has 2 N–H and O–H groups in total. The summed E-state index contributed by atoms with van der Waals surface area (Å²) in [6.07, 6.45) is 2.23. The van der Waals surface area contributed by atoms with Crippen LogP contribution in [0.25, 0.3) is 0 Å². The molecule has 0 aliphatic heterocycles. The van der Waals surface area contributed by atoms with Gasteiger partial charge in [-0.05, 0) is 50.0 Å². The zero-order valence-corrected chi connectivity index (χ0v) is 12.8. The molecule has 108 valence electrons. The van der Waals surface area contributed by atoms with E-state index in [1.807, 2.05) is 0 Å². The Balaban J connectivity index is 2.45. The summed E-state index contributed by atoms with van der Waals surface area (Å²) in [5, 5.41) is 0. The molecular formula is C16H28N2O. The molecule has 0 bridgehead atoms. The van der Waals surface area contributed by atoms with Crippen molar-refractivity contribution in [3.8, 4) is 5.75 Å². The highest BCUT2D eigenvalue weighted by atomic mass is 16.5. The molecule has 1 unspecified atom stereocenters. The number of hydrogen-bond donors (Lipinski definition) is 1. The first kappa shape index (κ1) is 16.0. The average Bonchev–Trinajstić information content (AvgIpc) is 2.42. The number of benzene rings is 1. The second-order valence-corrected chi connectivity index (χ2v) is 5.33. The normalized spacial score (nSPS) is 12.7. The second-order valence-electron chi connectivity index (χ2n) is 5.33. The fourth-order valence-electron chi connectivity index (χ4n) is 2.32. The zero-order chi connectivity index (χ0) is 14.3. The molecule has 3 nitrogen and oxygen atoms in total. The van der Waals surface area contributed by atoms with Gasteiger partial charge in [0.1, 0.15) is 5.75 Å². The van der Waals surface area contributed by atoms with Gasteiger partial charge in [0.05, 0.1) is 7.11 Å². The van der Waals surface area contributed by atoms with E-state index >= 15 is 0 Å². The molecule has 0 fully saturated rings. The molecule has 3 heteroatoms. The maximum atomic E-state index is 5.75. The zero-order valence-electron chi connectivity index (χ0n) is 12.8. The van der Waals surface area contributed by atoms with Crippen molar-refractivity contribution in [2.75, 3.05) is 33.8 Å². The summed E-state index contributed by atoms with van der Waals surface area (Å²) in [5.41, 5.74) is 8.32. The fourth-order valence-corrected chi connectivity index (χ4v) is 2.32. The smallest absolute Gasteiger partial charge is 0.121 e. The first-order chi connectivity index (χ1) is 9.10. The standard InChI is InChI=1S/C16H28N2O/c1-5-14(11-17)12-18(3)9-8-15-6-7-16(19-4)13(2)10-15/h6-7,10,14H,5,8-9,11-12,17H2,1-4H3. The lowest BCUT2D eigenvalue weighted by atomic mass is 10.1. The average molecular weight is 264 g/mol. The summed E-state index contributed by atoms with van der Waals surface area (Å²) in [7, 11) is 3.89. The summed E-state index contributed by atoms with van der Waals surface area (Å²) in [6, 6.07) is 6.42. The minimum atomic E-state index is 0.614. The SMILES string of the molecule is CCC(CN)CN(C)CCc1ccc(OC)c(C)c1. The van der Waals surface area contributed by atoms with Gasteiger partial charge in [0.15, 0.2) is 0 Å². The molecule has 1 atom stereocenters. The van der Waals surface area contributed by atoms with Crippen LogP contribution in [0.4, 0.5) is 0 Å². The van der Waals surface area contributed by atoms with E-state index in [0.717, 1.165) is 38.2 Å². The molecule has 0 aliphatic rings. The highest BCUT2D eigenvalue weighted by Crippen LogP contribution is 2.18. The monoisotopic (exact) mass is 264 g/mol. The minimum absolute atomic E-state index is 0.614. The van der Waals surface area contributed by atoms with Crippen LogP contribution in [0, 0.1) is 12.8 Å². The molecule has 19 heavy (non-hydrogen) atoms. The number of ether oxygens (including phenoxy) is 1. The van der Waals surface area contributed by atoms with Crippen LogP contribution in [0.1, 0.15) is 24.5 Å². The highest BCUT2D eigenvalue weighted by molar-refractivity contribution is 5.36. The van der Waals surface area contributed by atoms with Crippen molar-refractivity contribution >= 4 is 0 Å². The van der Waals surface area contributed by atoms with Gasteiger partial charge in [-0.1, -0.05) is 25.5 Å². The van der Waals surface area contributed by atoms with Crippen LogP contribution in [0.3, 0.4) is 0 Å². The molecule has 0 saturated heterocycles. The fraction of sp³-hybridized carbons (Fsp3) is 0.625. The van der Waals surface area contributed by atoms with Gasteiger partial charge in [-0.2, -0.15) is 0 Å². The van der Waals surface area contributed by atoms with Crippen LogP contribution in [0.15, 0.2) is 18.2 Å². The largest absolute Gasteiger partial charge is 0.496 e. The predicted molar refractivity (Wildman–Crippen MR) is 81.8 cm³/mol. The Morgan fingerprint density at radius 2 is 2.11 bits per heavy atom. The van der Waals surface area contributed by atoms with Gasteiger partial charge < -0.3 is 15.4 Å². The lowest BCUT2D eigenvalue weighted by Gasteiger charge is -2.22. The quantitative estimate of drug-likeness (QED) is 0.784. The number of nitrogens with two attached hydrogens (primary N) is 1. The molecule has 1 rings (SSSR count). The summed E-state index contributed by atoms with van der Waals surface area (Å²) >= 11 is 0. The van der Waals surface area contributed by atoms with Gasteiger partial charge in [-0.15, -0.1) is 0 Å². The summed E-state index contributed by atoms with van der Waals surface area (Å²) in [4.78, 5) is 2.38. The van der Waals surface area contributed by atoms with Crippen LogP contribution < -0.4 is 10.5 Å². The summed E-state index contributed by atoms with van der Waals surface area (Å²) < 4.78 is 5.28. The van der Waals surface area contributed by atoms with Gasteiger partial charge in [0.2, 0.25) is 0 Å². The first-order valence-electron chi connectivity index (χ1n) is 7.12. The Kier molecular flexibility index (Phi) is 6.89. The van der Waals surface area contributed by atoms with Crippen LogP contribution in [-0.2, 0) is 6.42 Å². The van der Waals surface area contributed by atoms with E-state index in [4.69, 9.17) is 10.5 Å². The number of hydrogen-bond acceptors (Lipinski definition) is 3. The lowest BCUT2D eigenvalue weighted by molar-refractivity contribution is 0.277. The third-order valence-corrected chi connectivity index (χ3v) is 3.72. The van der Waals surface area contributed by atoms with E-state index in [9.17, 15) is 0 Å². The van der Waals surface area contributed by atoms with Crippen LogP contribution in [-0.4, -0.2) is 38.7 Å². The van der Waals surface area contributed by atoms with Gasteiger partial charge in [0.25, 0.3) is 0 Å². The van der Waals surface area contributed by atoms with E-state index in [1.165, 1.54) is 11.1 Å². The lowest BCUT2D eigenvalue weighted by Crippen LogP contribution is -2.31. The molecule has 0 aromatic heterocycles. The molecule has 0 radical (unpaired) electrons. The number of aryl methyl sites for hydroxylation is 1. The van der Waals surface area contributed by atoms with Crippen molar-refractivity contribution in [3.05, 3.63) is 29.3 Å². The van der Waals surface area contributed by atoms with E-state index in [-0.39, 0.29) is 0 Å². The number of likely N-dealkylation sites (N-methyl/N-ethyl adjacent to an activating group) is 1. The molecule has 1 aromatic rings.